The minimum atomic E-state index is -0.285. The van der Waals surface area contributed by atoms with Gasteiger partial charge in [-0.25, -0.2) is 14.4 Å². The molecule has 2 aromatic carbocycles. The van der Waals surface area contributed by atoms with E-state index in [9.17, 15) is 4.39 Å². The highest BCUT2D eigenvalue weighted by molar-refractivity contribution is 5.74. The molecule has 0 aliphatic carbocycles. The Morgan fingerprint density at radius 1 is 0.958 bits per heavy atom. The zero-order valence-electron chi connectivity index (χ0n) is 13.3. The first-order chi connectivity index (χ1) is 11.7. The van der Waals surface area contributed by atoms with E-state index in [1.807, 2.05) is 22.8 Å². The zero-order valence-corrected chi connectivity index (χ0v) is 13.3. The van der Waals surface area contributed by atoms with Gasteiger partial charge in [0.15, 0.2) is 5.65 Å². The molecule has 4 rings (SSSR count). The van der Waals surface area contributed by atoms with Gasteiger partial charge in [-0.1, -0.05) is 42.0 Å². The van der Waals surface area contributed by atoms with Crippen LogP contribution in [0.15, 0.2) is 66.9 Å². The molecule has 0 aliphatic heterocycles. The quantitative estimate of drug-likeness (QED) is 0.558. The minimum absolute atomic E-state index is 0.285. The van der Waals surface area contributed by atoms with Gasteiger partial charge in [0.1, 0.15) is 17.2 Å². The third-order valence-electron chi connectivity index (χ3n) is 4.06. The molecule has 3 nitrogen and oxygen atoms in total. The first-order valence-electron chi connectivity index (χ1n) is 7.85. The Labute approximate surface area is 139 Å². The van der Waals surface area contributed by atoms with Crippen LogP contribution in [0.2, 0.25) is 0 Å². The minimum Gasteiger partial charge on any atom is -0.277 e. The number of para-hydroxylation sites is 1. The summed E-state index contributed by atoms with van der Waals surface area (Å²) in [6, 6.07) is 18.8. The number of hydrogen-bond acceptors (Lipinski definition) is 2. The van der Waals surface area contributed by atoms with E-state index in [2.05, 4.69) is 41.2 Å². The average Bonchev–Trinajstić information content (AvgIpc) is 2.95. The van der Waals surface area contributed by atoms with Crippen molar-refractivity contribution in [3.05, 3.63) is 89.6 Å². The molecule has 0 bridgehead atoms. The largest absolute Gasteiger partial charge is 0.277 e. The number of pyridine rings is 1. The van der Waals surface area contributed by atoms with E-state index >= 15 is 0 Å². The van der Waals surface area contributed by atoms with E-state index < -0.39 is 0 Å². The number of rotatable bonds is 3. The molecule has 118 valence electrons. The first kappa shape index (κ1) is 14.6. The van der Waals surface area contributed by atoms with Gasteiger partial charge >= 0.3 is 0 Å². The second-order valence-corrected chi connectivity index (χ2v) is 5.82. The maximum Gasteiger partial charge on any atom is 0.164 e. The van der Waals surface area contributed by atoms with Crippen LogP contribution in [0.4, 0.5) is 4.39 Å². The van der Waals surface area contributed by atoms with Crippen molar-refractivity contribution in [1.82, 2.24) is 14.5 Å². The third kappa shape index (κ3) is 2.56. The van der Waals surface area contributed by atoms with Crippen LogP contribution in [0.3, 0.4) is 0 Å². The van der Waals surface area contributed by atoms with Crippen LogP contribution < -0.4 is 0 Å². The predicted octanol–water partition coefficient (Wildman–Crippen LogP) is 4.46. The van der Waals surface area contributed by atoms with Crippen LogP contribution in [0.5, 0.6) is 0 Å². The molecular formula is C20H16FN3. The fourth-order valence-corrected chi connectivity index (χ4v) is 2.85. The number of halogens is 1. The number of imidazole rings is 1. The SMILES string of the molecule is Cc1ccc(Cc2nc3cccnc3n2-c2ccccc2F)cc1. The summed E-state index contributed by atoms with van der Waals surface area (Å²) >= 11 is 0. The van der Waals surface area contributed by atoms with Crippen molar-refractivity contribution in [3.63, 3.8) is 0 Å². The summed E-state index contributed by atoms with van der Waals surface area (Å²) in [7, 11) is 0. The standard InChI is InChI=1S/C20H16FN3/c1-14-8-10-15(11-9-14)13-19-23-17-6-4-12-22-20(17)24(19)18-7-3-2-5-16(18)21/h2-12H,13H2,1H3. The summed E-state index contributed by atoms with van der Waals surface area (Å²) in [5, 5.41) is 0. The van der Waals surface area contributed by atoms with Crippen LogP contribution in [-0.4, -0.2) is 14.5 Å². The molecule has 0 unspecified atom stereocenters. The lowest BCUT2D eigenvalue weighted by Gasteiger charge is -2.10. The van der Waals surface area contributed by atoms with Crippen molar-refractivity contribution in [2.24, 2.45) is 0 Å². The van der Waals surface area contributed by atoms with E-state index in [0.29, 0.717) is 17.8 Å². The van der Waals surface area contributed by atoms with Crippen molar-refractivity contribution in [3.8, 4) is 5.69 Å². The summed E-state index contributed by atoms with van der Waals surface area (Å²) < 4.78 is 16.2. The highest BCUT2D eigenvalue weighted by Crippen LogP contribution is 2.23. The Bertz CT molecular complexity index is 1000. The third-order valence-corrected chi connectivity index (χ3v) is 4.06. The van der Waals surface area contributed by atoms with Crippen LogP contribution in [-0.2, 0) is 6.42 Å². The van der Waals surface area contributed by atoms with Gasteiger partial charge in [0.05, 0.1) is 5.69 Å². The Hall–Kier alpha value is -3.01. The highest BCUT2D eigenvalue weighted by Gasteiger charge is 2.16. The molecule has 0 atom stereocenters. The van der Waals surface area contributed by atoms with Gasteiger partial charge in [-0.2, -0.15) is 0 Å². The van der Waals surface area contributed by atoms with Crippen molar-refractivity contribution >= 4 is 11.2 Å². The molecule has 0 N–H and O–H groups in total. The van der Waals surface area contributed by atoms with Crippen molar-refractivity contribution in [1.29, 1.82) is 0 Å². The summed E-state index contributed by atoms with van der Waals surface area (Å²) in [6.07, 6.45) is 2.32. The van der Waals surface area contributed by atoms with E-state index in [0.717, 1.165) is 16.9 Å². The monoisotopic (exact) mass is 317 g/mol. The van der Waals surface area contributed by atoms with Crippen LogP contribution in [0.1, 0.15) is 17.0 Å². The van der Waals surface area contributed by atoms with Gasteiger partial charge in [0, 0.05) is 12.6 Å². The van der Waals surface area contributed by atoms with E-state index in [1.165, 1.54) is 11.6 Å². The van der Waals surface area contributed by atoms with Gasteiger partial charge in [-0.05, 0) is 36.8 Å². The lowest BCUT2D eigenvalue weighted by Crippen LogP contribution is -2.05. The van der Waals surface area contributed by atoms with Crippen molar-refractivity contribution in [2.75, 3.05) is 0 Å². The Morgan fingerprint density at radius 2 is 1.75 bits per heavy atom. The molecule has 2 aromatic heterocycles. The molecule has 0 saturated heterocycles. The maximum absolute atomic E-state index is 14.4. The molecule has 0 amide bonds. The van der Waals surface area contributed by atoms with Crippen molar-refractivity contribution < 1.29 is 4.39 Å². The van der Waals surface area contributed by atoms with Gasteiger partial charge < -0.3 is 0 Å². The highest BCUT2D eigenvalue weighted by atomic mass is 19.1. The number of benzene rings is 2. The molecule has 4 heteroatoms. The molecule has 0 fully saturated rings. The van der Waals surface area contributed by atoms with E-state index in [-0.39, 0.29) is 5.82 Å². The molecule has 0 radical (unpaired) electrons. The molecule has 24 heavy (non-hydrogen) atoms. The number of aryl methyl sites for hydroxylation is 1. The van der Waals surface area contributed by atoms with Gasteiger partial charge in [-0.15, -0.1) is 0 Å². The van der Waals surface area contributed by atoms with Gasteiger partial charge in [0.25, 0.3) is 0 Å². The number of nitrogens with zero attached hydrogens (tertiary/aromatic N) is 3. The molecule has 0 spiro atoms. The van der Waals surface area contributed by atoms with Crippen LogP contribution >= 0.6 is 0 Å². The lowest BCUT2D eigenvalue weighted by atomic mass is 10.1. The van der Waals surface area contributed by atoms with Crippen molar-refractivity contribution in [2.45, 2.75) is 13.3 Å². The zero-order chi connectivity index (χ0) is 16.5. The topological polar surface area (TPSA) is 30.7 Å². The second-order valence-electron chi connectivity index (χ2n) is 5.82. The smallest absolute Gasteiger partial charge is 0.164 e. The Morgan fingerprint density at radius 3 is 2.54 bits per heavy atom. The van der Waals surface area contributed by atoms with Crippen LogP contribution in [0, 0.1) is 12.7 Å². The maximum atomic E-state index is 14.4. The number of hydrogen-bond donors (Lipinski definition) is 0. The summed E-state index contributed by atoms with van der Waals surface area (Å²) in [4.78, 5) is 9.09. The Balaban J connectivity index is 1.90. The fourth-order valence-electron chi connectivity index (χ4n) is 2.85. The summed E-state index contributed by atoms with van der Waals surface area (Å²) in [5.41, 5.74) is 4.25. The number of aromatic nitrogens is 3. The van der Waals surface area contributed by atoms with E-state index in [1.54, 1.807) is 18.3 Å². The fraction of sp³-hybridized carbons (Fsp3) is 0.100. The molecule has 2 heterocycles. The molecule has 0 saturated carbocycles. The second kappa shape index (κ2) is 5.89. The van der Waals surface area contributed by atoms with Crippen LogP contribution in [0.25, 0.3) is 16.9 Å². The Kier molecular flexibility index (Phi) is 3.58. The van der Waals surface area contributed by atoms with Gasteiger partial charge in [-0.3, -0.25) is 4.57 Å². The van der Waals surface area contributed by atoms with Gasteiger partial charge in [0.2, 0.25) is 0 Å². The normalized spacial score (nSPS) is 11.1. The lowest BCUT2D eigenvalue weighted by molar-refractivity contribution is 0.617. The summed E-state index contributed by atoms with van der Waals surface area (Å²) in [5.74, 6) is 0.491. The molecule has 0 aliphatic rings. The predicted molar refractivity (Wildman–Crippen MR) is 92.8 cm³/mol. The molecule has 4 aromatic rings. The average molecular weight is 317 g/mol. The summed E-state index contributed by atoms with van der Waals surface area (Å²) in [6.45, 7) is 2.06. The first-order valence-corrected chi connectivity index (χ1v) is 7.85. The van der Waals surface area contributed by atoms with E-state index in [4.69, 9.17) is 0 Å². The number of fused-ring (bicyclic) bond motifs is 1. The molecular weight excluding hydrogens is 301 g/mol.